The molecule has 18 heavy (non-hydrogen) atoms. The zero-order chi connectivity index (χ0) is 14.0. The minimum absolute atomic E-state index is 0.173. The van der Waals surface area contributed by atoms with Crippen LogP contribution >= 0.6 is 0 Å². The highest BCUT2D eigenvalue weighted by Crippen LogP contribution is 2.36. The maximum absolute atomic E-state index is 6.07. The summed E-state index contributed by atoms with van der Waals surface area (Å²) < 4.78 is 0. The van der Waals surface area contributed by atoms with E-state index < -0.39 is 0 Å². The predicted octanol–water partition coefficient (Wildman–Crippen LogP) is 3.51. The molecule has 1 saturated heterocycles. The van der Waals surface area contributed by atoms with Crippen LogP contribution in [0.2, 0.25) is 0 Å². The first-order chi connectivity index (χ1) is 8.21. The molecule has 0 aromatic rings. The van der Waals surface area contributed by atoms with E-state index >= 15 is 0 Å². The second kappa shape index (κ2) is 5.92. The van der Waals surface area contributed by atoms with E-state index in [1.807, 2.05) is 0 Å². The molecule has 0 amide bonds. The molecule has 1 aliphatic rings. The molecule has 2 heteroatoms. The minimum Gasteiger partial charge on any atom is -0.329 e. The normalized spacial score (nSPS) is 27.0. The average Bonchev–Trinajstić information content (AvgIpc) is 2.52. The van der Waals surface area contributed by atoms with Gasteiger partial charge in [0.05, 0.1) is 0 Å². The quantitative estimate of drug-likeness (QED) is 0.835. The predicted molar refractivity (Wildman–Crippen MR) is 80.7 cm³/mol. The van der Waals surface area contributed by atoms with Crippen LogP contribution in [-0.4, -0.2) is 30.1 Å². The Morgan fingerprint density at radius 2 is 1.72 bits per heavy atom. The van der Waals surface area contributed by atoms with Crippen LogP contribution in [0.25, 0.3) is 0 Å². The summed E-state index contributed by atoms with van der Waals surface area (Å²) in [6, 6.07) is 0. The summed E-state index contributed by atoms with van der Waals surface area (Å²) in [5, 5.41) is 0. The van der Waals surface area contributed by atoms with Crippen molar-refractivity contribution in [1.82, 2.24) is 4.90 Å². The van der Waals surface area contributed by atoms with E-state index in [9.17, 15) is 0 Å². The number of likely N-dealkylation sites (tertiary alicyclic amines) is 1. The largest absolute Gasteiger partial charge is 0.329 e. The van der Waals surface area contributed by atoms with Gasteiger partial charge >= 0.3 is 0 Å². The topological polar surface area (TPSA) is 29.3 Å². The fraction of sp³-hybridized carbons (Fsp3) is 1.00. The molecule has 2 N–H and O–H groups in total. The van der Waals surface area contributed by atoms with Crippen molar-refractivity contribution in [2.24, 2.45) is 23.0 Å². The fourth-order valence-corrected chi connectivity index (χ4v) is 3.20. The summed E-state index contributed by atoms with van der Waals surface area (Å²) in [7, 11) is 0. The lowest BCUT2D eigenvalue weighted by atomic mass is 9.76. The minimum atomic E-state index is 0.173. The second-order valence-electron chi connectivity index (χ2n) is 7.70. The maximum atomic E-state index is 6.07. The molecule has 108 valence electrons. The molecule has 1 heterocycles. The molecular formula is C16H34N2. The molecule has 0 aromatic carbocycles. The van der Waals surface area contributed by atoms with E-state index in [0.29, 0.717) is 11.3 Å². The Balaban J connectivity index is 2.72. The van der Waals surface area contributed by atoms with Gasteiger partial charge in [-0.25, -0.2) is 0 Å². The molecule has 0 saturated carbocycles. The molecule has 2 nitrogen and oxygen atoms in total. The van der Waals surface area contributed by atoms with Crippen LogP contribution in [0, 0.1) is 17.3 Å². The summed E-state index contributed by atoms with van der Waals surface area (Å²) in [4.78, 5) is 2.66. The van der Waals surface area contributed by atoms with Gasteiger partial charge in [-0.1, -0.05) is 34.6 Å². The van der Waals surface area contributed by atoms with Crippen molar-refractivity contribution in [2.75, 3.05) is 19.6 Å². The van der Waals surface area contributed by atoms with Crippen LogP contribution < -0.4 is 5.73 Å². The second-order valence-corrected chi connectivity index (χ2v) is 7.70. The van der Waals surface area contributed by atoms with Crippen molar-refractivity contribution in [2.45, 2.75) is 66.3 Å². The summed E-state index contributed by atoms with van der Waals surface area (Å²) >= 11 is 0. The van der Waals surface area contributed by atoms with E-state index in [0.717, 1.165) is 12.5 Å². The van der Waals surface area contributed by atoms with Crippen molar-refractivity contribution in [3.05, 3.63) is 0 Å². The number of hydrogen-bond donors (Lipinski definition) is 1. The highest BCUT2D eigenvalue weighted by Gasteiger charge is 2.36. The molecule has 0 aliphatic carbocycles. The Morgan fingerprint density at radius 1 is 1.11 bits per heavy atom. The first kappa shape index (κ1) is 16.0. The maximum Gasteiger partial charge on any atom is 0.0326 e. The number of nitrogens with zero attached hydrogens (tertiary/aromatic N) is 1. The van der Waals surface area contributed by atoms with Gasteiger partial charge in [0.25, 0.3) is 0 Å². The molecule has 1 fully saturated rings. The zero-order valence-corrected chi connectivity index (χ0v) is 13.4. The van der Waals surface area contributed by atoms with E-state index in [-0.39, 0.29) is 5.54 Å². The smallest absolute Gasteiger partial charge is 0.0326 e. The lowest BCUT2D eigenvalue weighted by Crippen LogP contribution is -2.55. The number of nitrogens with two attached hydrogens (primary N) is 1. The fourth-order valence-electron chi connectivity index (χ4n) is 3.20. The van der Waals surface area contributed by atoms with Gasteiger partial charge in [-0.15, -0.1) is 0 Å². The van der Waals surface area contributed by atoms with E-state index in [4.69, 9.17) is 5.73 Å². The molecule has 2 atom stereocenters. The van der Waals surface area contributed by atoms with Crippen LogP contribution in [0.5, 0.6) is 0 Å². The highest BCUT2D eigenvalue weighted by molar-refractivity contribution is 4.92. The van der Waals surface area contributed by atoms with Crippen molar-refractivity contribution >= 4 is 0 Å². The van der Waals surface area contributed by atoms with Gasteiger partial charge in [-0.05, 0) is 56.5 Å². The standard InChI is InChI=1S/C16H34N2/c1-13(2)16(6,12-17)18-10-7-8-14(9-11-18)15(3,4)5/h13-14H,7-12,17H2,1-6H3. The Bertz CT molecular complexity index is 254. The highest BCUT2D eigenvalue weighted by atomic mass is 15.2. The Morgan fingerprint density at radius 3 is 2.17 bits per heavy atom. The summed E-state index contributed by atoms with van der Waals surface area (Å²) in [6.07, 6.45) is 4.02. The van der Waals surface area contributed by atoms with E-state index in [2.05, 4.69) is 46.4 Å². The Kier molecular flexibility index (Phi) is 5.25. The van der Waals surface area contributed by atoms with Crippen LogP contribution in [-0.2, 0) is 0 Å². The van der Waals surface area contributed by atoms with Gasteiger partial charge in [-0.3, -0.25) is 4.90 Å². The summed E-state index contributed by atoms with van der Waals surface area (Å²) in [5.74, 6) is 1.48. The summed E-state index contributed by atoms with van der Waals surface area (Å²) in [6.45, 7) is 17.3. The molecular weight excluding hydrogens is 220 g/mol. The van der Waals surface area contributed by atoms with E-state index in [1.165, 1.54) is 32.4 Å². The van der Waals surface area contributed by atoms with Gasteiger partial charge < -0.3 is 5.73 Å². The van der Waals surface area contributed by atoms with E-state index in [1.54, 1.807) is 0 Å². The monoisotopic (exact) mass is 254 g/mol. The Hall–Kier alpha value is -0.0800. The van der Waals surface area contributed by atoms with Crippen LogP contribution in [0.3, 0.4) is 0 Å². The summed E-state index contributed by atoms with van der Waals surface area (Å²) in [5.41, 5.74) is 6.69. The van der Waals surface area contributed by atoms with Crippen LogP contribution in [0.15, 0.2) is 0 Å². The lowest BCUT2D eigenvalue weighted by Gasteiger charge is -2.43. The zero-order valence-electron chi connectivity index (χ0n) is 13.4. The SMILES string of the molecule is CC(C)C(C)(CN)N1CCCC(C(C)(C)C)CC1. The third-order valence-corrected chi connectivity index (χ3v) is 5.33. The average molecular weight is 254 g/mol. The molecule has 2 unspecified atom stereocenters. The third kappa shape index (κ3) is 3.48. The molecule has 0 aromatic heterocycles. The molecule has 0 radical (unpaired) electrons. The first-order valence-electron chi connectivity index (χ1n) is 7.67. The van der Waals surface area contributed by atoms with Crippen molar-refractivity contribution in [3.63, 3.8) is 0 Å². The molecule has 0 bridgehead atoms. The van der Waals surface area contributed by atoms with Crippen molar-refractivity contribution < 1.29 is 0 Å². The van der Waals surface area contributed by atoms with Gasteiger partial charge in [-0.2, -0.15) is 0 Å². The first-order valence-corrected chi connectivity index (χ1v) is 7.67. The number of rotatable bonds is 3. The van der Waals surface area contributed by atoms with Crippen molar-refractivity contribution in [3.8, 4) is 0 Å². The molecule has 0 spiro atoms. The number of hydrogen-bond acceptors (Lipinski definition) is 2. The van der Waals surface area contributed by atoms with Gasteiger partial charge in [0.1, 0.15) is 0 Å². The Labute approximate surface area is 114 Å². The van der Waals surface area contributed by atoms with Crippen LogP contribution in [0.4, 0.5) is 0 Å². The van der Waals surface area contributed by atoms with Gasteiger partial charge in [0.2, 0.25) is 0 Å². The van der Waals surface area contributed by atoms with Gasteiger partial charge in [0.15, 0.2) is 0 Å². The van der Waals surface area contributed by atoms with Crippen LogP contribution in [0.1, 0.15) is 60.8 Å². The van der Waals surface area contributed by atoms with Crippen molar-refractivity contribution in [1.29, 1.82) is 0 Å². The van der Waals surface area contributed by atoms with Gasteiger partial charge in [0, 0.05) is 12.1 Å². The molecule has 1 rings (SSSR count). The lowest BCUT2D eigenvalue weighted by molar-refractivity contribution is 0.0673. The third-order valence-electron chi connectivity index (χ3n) is 5.33. The molecule has 1 aliphatic heterocycles.